The minimum Gasteiger partial charge on any atom is -0.497 e. The molecule has 7 rings (SSSR count). The van der Waals surface area contributed by atoms with Crippen molar-refractivity contribution >= 4 is 21.9 Å². The summed E-state index contributed by atoms with van der Waals surface area (Å²) in [4.78, 5) is 0. The van der Waals surface area contributed by atoms with Crippen LogP contribution in [0.15, 0.2) is 103 Å². The SMILES string of the molecule is COc1ccc2ccc3c(c2c1)C(=C1c2ccccc2-c2ccccc21)c1ccccc1O3. The van der Waals surface area contributed by atoms with Crippen LogP contribution in [0.5, 0.6) is 17.2 Å². The average Bonchev–Trinajstić information content (AvgIpc) is 3.21. The third-order valence-electron chi connectivity index (χ3n) is 6.75. The van der Waals surface area contributed by atoms with Crippen molar-refractivity contribution in [3.05, 3.63) is 125 Å². The van der Waals surface area contributed by atoms with Crippen molar-refractivity contribution in [2.45, 2.75) is 0 Å². The third kappa shape index (κ3) is 2.55. The van der Waals surface area contributed by atoms with Gasteiger partial charge >= 0.3 is 0 Å². The molecule has 0 bridgehead atoms. The molecule has 0 atom stereocenters. The molecular formula is C31H20O2. The molecule has 0 N–H and O–H groups in total. The van der Waals surface area contributed by atoms with E-state index in [1.54, 1.807) is 7.11 Å². The highest BCUT2D eigenvalue weighted by Crippen LogP contribution is 2.55. The van der Waals surface area contributed by atoms with Crippen LogP contribution in [-0.4, -0.2) is 7.11 Å². The third-order valence-corrected chi connectivity index (χ3v) is 6.75. The van der Waals surface area contributed by atoms with Crippen molar-refractivity contribution in [2.75, 3.05) is 7.11 Å². The predicted molar refractivity (Wildman–Crippen MR) is 134 cm³/mol. The summed E-state index contributed by atoms with van der Waals surface area (Å²) in [6.07, 6.45) is 0. The lowest BCUT2D eigenvalue weighted by atomic mass is 9.84. The number of rotatable bonds is 1. The number of benzene rings is 5. The normalized spacial score (nSPS) is 13.1. The highest BCUT2D eigenvalue weighted by Gasteiger charge is 2.32. The molecule has 0 fully saturated rings. The van der Waals surface area contributed by atoms with Crippen molar-refractivity contribution in [1.29, 1.82) is 0 Å². The Bertz CT molecular complexity index is 1580. The minimum absolute atomic E-state index is 0.839. The van der Waals surface area contributed by atoms with Crippen molar-refractivity contribution in [3.8, 4) is 28.4 Å². The summed E-state index contributed by atoms with van der Waals surface area (Å²) in [6, 6.07) is 36.2. The van der Waals surface area contributed by atoms with E-state index in [1.807, 2.05) is 12.1 Å². The Balaban J connectivity index is 1.70. The van der Waals surface area contributed by atoms with Gasteiger partial charge in [-0.2, -0.15) is 0 Å². The monoisotopic (exact) mass is 424 g/mol. The van der Waals surface area contributed by atoms with Gasteiger partial charge in [0.15, 0.2) is 0 Å². The Morgan fingerprint density at radius 3 is 1.85 bits per heavy atom. The second-order valence-electron chi connectivity index (χ2n) is 8.47. The molecular weight excluding hydrogens is 404 g/mol. The lowest BCUT2D eigenvalue weighted by Crippen LogP contribution is -2.05. The molecule has 0 saturated carbocycles. The molecule has 1 heterocycles. The first-order valence-electron chi connectivity index (χ1n) is 11.2. The number of para-hydroxylation sites is 1. The number of fused-ring (bicyclic) bond motifs is 7. The second-order valence-corrected chi connectivity index (χ2v) is 8.47. The Morgan fingerprint density at radius 1 is 0.545 bits per heavy atom. The van der Waals surface area contributed by atoms with Gasteiger partial charge < -0.3 is 9.47 Å². The highest BCUT2D eigenvalue weighted by molar-refractivity contribution is 6.18. The Morgan fingerprint density at radius 2 is 1.15 bits per heavy atom. The smallest absolute Gasteiger partial charge is 0.135 e. The standard InChI is InChI=1S/C31H20O2/c1-32-20-16-14-19-15-17-28-30(26(19)18-20)31(25-12-6-7-13-27(25)33-28)29-23-10-4-2-8-21(23)22-9-3-5-11-24(22)29/h2-18H,1H3. The van der Waals surface area contributed by atoms with Gasteiger partial charge in [-0.3, -0.25) is 0 Å². The van der Waals surface area contributed by atoms with Crippen molar-refractivity contribution in [2.24, 2.45) is 0 Å². The lowest BCUT2D eigenvalue weighted by Gasteiger charge is -2.26. The van der Waals surface area contributed by atoms with Crippen LogP contribution >= 0.6 is 0 Å². The molecule has 5 aromatic rings. The maximum atomic E-state index is 6.45. The summed E-state index contributed by atoms with van der Waals surface area (Å²) >= 11 is 0. The zero-order valence-electron chi connectivity index (χ0n) is 18.1. The minimum atomic E-state index is 0.839. The first kappa shape index (κ1) is 18.3. The molecule has 0 amide bonds. The summed E-state index contributed by atoms with van der Waals surface area (Å²) in [5, 5.41) is 2.29. The number of ether oxygens (including phenoxy) is 2. The number of methoxy groups -OCH3 is 1. The molecule has 33 heavy (non-hydrogen) atoms. The van der Waals surface area contributed by atoms with E-state index in [0.29, 0.717) is 0 Å². The first-order valence-corrected chi connectivity index (χ1v) is 11.2. The summed E-state index contributed by atoms with van der Waals surface area (Å²) in [6.45, 7) is 0. The average molecular weight is 424 g/mol. The number of hydrogen-bond acceptors (Lipinski definition) is 2. The van der Waals surface area contributed by atoms with Gasteiger partial charge in [-0.25, -0.2) is 0 Å². The van der Waals surface area contributed by atoms with E-state index in [1.165, 1.54) is 33.4 Å². The molecule has 0 unspecified atom stereocenters. The van der Waals surface area contributed by atoms with Gasteiger partial charge in [-0.05, 0) is 62.9 Å². The van der Waals surface area contributed by atoms with Crippen LogP contribution in [-0.2, 0) is 0 Å². The van der Waals surface area contributed by atoms with Crippen LogP contribution in [0.3, 0.4) is 0 Å². The highest BCUT2D eigenvalue weighted by atomic mass is 16.5. The van der Waals surface area contributed by atoms with Gasteiger partial charge in [-0.15, -0.1) is 0 Å². The Hall–Kier alpha value is -4.30. The molecule has 2 aliphatic rings. The molecule has 0 radical (unpaired) electrons. The topological polar surface area (TPSA) is 18.5 Å². The maximum absolute atomic E-state index is 6.45. The first-order chi connectivity index (χ1) is 16.3. The molecule has 1 aliphatic heterocycles. The maximum Gasteiger partial charge on any atom is 0.135 e. The van der Waals surface area contributed by atoms with Crippen LogP contribution < -0.4 is 9.47 Å². The van der Waals surface area contributed by atoms with Crippen LogP contribution in [0.4, 0.5) is 0 Å². The van der Waals surface area contributed by atoms with Gasteiger partial charge in [0.25, 0.3) is 0 Å². The fourth-order valence-corrected chi connectivity index (χ4v) is 5.31. The van der Waals surface area contributed by atoms with Crippen LogP contribution in [0.2, 0.25) is 0 Å². The van der Waals surface area contributed by atoms with Crippen LogP contribution in [0.25, 0.3) is 33.0 Å². The van der Waals surface area contributed by atoms with E-state index in [4.69, 9.17) is 9.47 Å². The quantitative estimate of drug-likeness (QED) is 0.266. The zero-order chi connectivity index (χ0) is 21.9. The zero-order valence-corrected chi connectivity index (χ0v) is 18.1. The fourth-order valence-electron chi connectivity index (χ4n) is 5.31. The molecule has 2 heteroatoms. The van der Waals surface area contributed by atoms with E-state index in [0.717, 1.165) is 39.1 Å². The Kier molecular flexibility index (Phi) is 3.80. The van der Waals surface area contributed by atoms with Gasteiger partial charge in [0.1, 0.15) is 17.2 Å². The van der Waals surface area contributed by atoms with Gasteiger partial charge in [0.2, 0.25) is 0 Å². The largest absolute Gasteiger partial charge is 0.497 e. The van der Waals surface area contributed by atoms with Crippen molar-refractivity contribution in [1.82, 2.24) is 0 Å². The van der Waals surface area contributed by atoms with Crippen LogP contribution in [0, 0.1) is 0 Å². The summed E-state index contributed by atoms with van der Waals surface area (Å²) in [7, 11) is 1.71. The number of hydrogen-bond donors (Lipinski definition) is 0. The van der Waals surface area contributed by atoms with Crippen molar-refractivity contribution < 1.29 is 9.47 Å². The van der Waals surface area contributed by atoms with E-state index < -0.39 is 0 Å². The lowest BCUT2D eigenvalue weighted by molar-refractivity contribution is 0.415. The summed E-state index contributed by atoms with van der Waals surface area (Å²) in [5.41, 5.74) is 9.77. The van der Waals surface area contributed by atoms with Gasteiger partial charge in [0, 0.05) is 16.7 Å². The van der Waals surface area contributed by atoms with E-state index in [2.05, 4.69) is 91.0 Å². The summed E-state index contributed by atoms with van der Waals surface area (Å²) in [5.74, 6) is 2.60. The summed E-state index contributed by atoms with van der Waals surface area (Å²) < 4.78 is 12.0. The van der Waals surface area contributed by atoms with Gasteiger partial charge in [-0.1, -0.05) is 78.9 Å². The predicted octanol–water partition coefficient (Wildman–Crippen LogP) is 7.94. The van der Waals surface area contributed by atoms with Gasteiger partial charge in [0.05, 0.1) is 7.11 Å². The van der Waals surface area contributed by atoms with E-state index >= 15 is 0 Å². The van der Waals surface area contributed by atoms with Crippen molar-refractivity contribution in [3.63, 3.8) is 0 Å². The molecule has 2 nitrogen and oxygen atoms in total. The molecule has 156 valence electrons. The van der Waals surface area contributed by atoms with E-state index in [9.17, 15) is 0 Å². The second kappa shape index (κ2) is 6.85. The molecule has 0 saturated heterocycles. The van der Waals surface area contributed by atoms with Crippen LogP contribution in [0.1, 0.15) is 22.3 Å². The van der Waals surface area contributed by atoms with E-state index in [-0.39, 0.29) is 0 Å². The molecule has 1 aliphatic carbocycles. The Labute approximate surface area is 192 Å². The molecule has 0 aromatic heterocycles. The molecule has 5 aromatic carbocycles. The fraction of sp³-hybridized carbons (Fsp3) is 0.0323. The molecule has 0 spiro atoms.